The summed E-state index contributed by atoms with van der Waals surface area (Å²) in [6.45, 7) is 2.85. The Morgan fingerprint density at radius 2 is 1.97 bits per heavy atom. The number of carbonyl (C=O) groups is 2. The summed E-state index contributed by atoms with van der Waals surface area (Å²) in [6, 6.07) is 14.9. The van der Waals surface area contributed by atoms with E-state index in [1.165, 1.54) is 0 Å². The fourth-order valence-corrected chi connectivity index (χ4v) is 4.17. The van der Waals surface area contributed by atoms with E-state index < -0.39 is 11.5 Å². The van der Waals surface area contributed by atoms with Gasteiger partial charge in [-0.3, -0.25) is 9.59 Å². The minimum Gasteiger partial charge on any atom is -0.396 e. The number of amides is 2. The number of aliphatic hydroxyl groups excluding tert-OH is 1. The largest absolute Gasteiger partial charge is 0.396 e. The summed E-state index contributed by atoms with van der Waals surface area (Å²) in [5.41, 5.74) is 1.35. The Kier molecular flexibility index (Phi) is 5.45. The molecule has 156 valence electrons. The Morgan fingerprint density at radius 3 is 2.67 bits per heavy atom. The Morgan fingerprint density at radius 1 is 1.17 bits per heavy atom. The van der Waals surface area contributed by atoms with Gasteiger partial charge in [-0.15, -0.1) is 0 Å². The van der Waals surface area contributed by atoms with Gasteiger partial charge in [0.25, 0.3) is 5.91 Å². The molecule has 2 amide bonds. The number of para-hydroxylation sites is 1. The third-order valence-corrected chi connectivity index (χ3v) is 5.97. The van der Waals surface area contributed by atoms with Gasteiger partial charge in [0.1, 0.15) is 0 Å². The smallest absolute Gasteiger partial charge is 0.264 e. The zero-order chi connectivity index (χ0) is 21.3. The van der Waals surface area contributed by atoms with Gasteiger partial charge in [-0.05, 0) is 30.2 Å². The maximum atomic E-state index is 13.4. The van der Waals surface area contributed by atoms with Crippen molar-refractivity contribution in [1.29, 1.82) is 0 Å². The van der Waals surface area contributed by atoms with Gasteiger partial charge in [0.15, 0.2) is 5.60 Å². The second-order valence-electron chi connectivity index (χ2n) is 7.87. The highest BCUT2D eigenvalue weighted by Crippen LogP contribution is 2.45. The lowest BCUT2D eigenvalue weighted by atomic mass is 9.83. The van der Waals surface area contributed by atoms with E-state index in [0.717, 1.165) is 11.3 Å². The van der Waals surface area contributed by atoms with Gasteiger partial charge in [0, 0.05) is 36.7 Å². The molecule has 0 spiro atoms. The molecule has 0 radical (unpaired) electrons. The number of benzene rings is 2. The van der Waals surface area contributed by atoms with Crippen molar-refractivity contribution in [3.05, 3.63) is 71.8 Å². The van der Waals surface area contributed by atoms with Gasteiger partial charge in [-0.1, -0.05) is 49.4 Å². The number of carbonyl (C=O) groups excluding carboxylic acids is 2. The summed E-state index contributed by atoms with van der Waals surface area (Å²) in [7, 11) is 0. The number of nitrogens with zero attached hydrogens (tertiary/aromatic N) is 2. The third-order valence-electron chi connectivity index (χ3n) is 5.97. The van der Waals surface area contributed by atoms with E-state index in [4.69, 9.17) is 5.11 Å². The minimum absolute atomic E-state index is 0.0220. The first-order valence-electron chi connectivity index (χ1n) is 10.3. The first-order valence-corrected chi connectivity index (χ1v) is 10.3. The third kappa shape index (κ3) is 3.32. The van der Waals surface area contributed by atoms with Gasteiger partial charge in [-0.2, -0.15) is 0 Å². The lowest BCUT2D eigenvalue weighted by molar-refractivity contribution is -0.139. The van der Waals surface area contributed by atoms with Gasteiger partial charge in [-0.25, -0.2) is 0 Å². The molecular weight excluding hydrogens is 380 g/mol. The summed E-state index contributed by atoms with van der Waals surface area (Å²) in [5.74, 6) is -0.712. The summed E-state index contributed by atoms with van der Waals surface area (Å²) in [5, 5.41) is 20.5. The molecule has 1 saturated heterocycles. The van der Waals surface area contributed by atoms with Crippen LogP contribution in [-0.4, -0.2) is 35.2 Å². The molecule has 6 nitrogen and oxygen atoms in total. The highest BCUT2D eigenvalue weighted by atomic mass is 16.3. The highest BCUT2D eigenvalue weighted by molar-refractivity contribution is 6.07. The highest BCUT2D eigenvalue weighted by Gasteiger charge is 2.52. The topological polar surface area (TPSA) is 81.1 Å². The van der Waals surface area contributed by atoms with Crippen molar-refractivity contribution in [2.75, 3.05) is 23.0 Å². The number of fused-ring (bicyclic) bond motifs is 1. The Balaban J connectivity index is 1.64. The quantitative estimate of drug-likeness (QED) is 0.547. The maximum absolute atomic E-state index is 13.4. The lowest BCUT2D eigenvalue weighted by Gasteiger charge is -2.31. The minimum atomic E-state index is -1.66. The molecule has 0 bridgehead atoms. The second-order valence-corrected chi connectivity index (χ2v) is 7.87. The standard InChI is InChI=1S/C24H26N2O4/c1-17(7-4-5-14-27)24(30)20-10-2-3-11-21(20)26(23(24)29)16-18-8-6-9-19(15-18)25-13-12-22(25)28/h2-4,6-11,15,17,27,30H,5,12-14,16H2,1H3/b7-4+/t17-,24+/m1/s1. The first kappa shape index (κ1) is 20.3. The van der Waals surface area contributed by atoms with Gasteiger partial charge in [0.2, 0.25) is 5.91 Å². The number of hydrogen-bond acceptors (Lipinski definition) is 4. The van der Waals surface area contributed by atoms with Crippen molar-refractivity contribution >= 4 is 23.2 Å². The molecule has 2 aliphatic rings. The van der Waals surface area contributed by atoms with Crippen LogP contribution in [0.1, 0.15) is 30.9 Å². The molecule has 0 unspecified atom stereocenters. The normalized spacial score (nSPS) is 21.8. The second kappa shape index (κ2) is 8.05. The number of hydrogen-bond donors (Lipinski definition) is 2. The molecule has 6 heteroatoms. The van der Waals surface area contributed by atoms with Crippen LogP contribution < -0.4 is 9.80 Å². The van der Waals surface area contributed by atoms with Crippen molar-refractivity contribution in [3.8, 4) is 0 Å². The van der Waals surface area contributed by atoms with Crippen LogP contribution in [0.15, 0.2) is 60.7 Å². The molecule has 4 rings (SSSR count). The van der Waals surface area contributed by atoms with Crippen LogP contribution in [0.3, 0.4) is 0 Å². The first-order chi connectivity index (χ1) is 14.5. The van der Waals surface area contributed by atoms with Crippen LogP contribution in [0.4, 0.5) is 11.4 Å². The molecule has 0 saturated carbocycles. The molecule has 2 aliphatic heterocycles. The Hall–Kier alpha value is -2.96. The Bertz CT molecular complexity index is 1000. The van der Waals surface area contributed by atoms with Crippen LogP contribution in [0.25, 0.3) is 0 Å². The van der Waals surface area contributed by atoms with E-state index in [1.807, 2.05) is 49.4 Å². The number of aliphatic hydroxyl groups is 2. The Labute approximate surface area is 176 Å². The average molecular weight is 406 g/mol. The average Bonchev–Trinajstić information content (AvgIpc) is 2.96. The molecule has 0 aromatic heterocycles. The SMILES string of the molecule is C[C@H](/C=C/CCO)[C@@]1(O)C(=O)N(Cc2cccc(N3CCC3=O)c2)c2ccccc21. The zero-order valence-corrected chi connectivity index (χ0v) is 17.0. The molecule has 0 aliphatic carbocycles. The predicted octanol–water partition coefficient (Wildman–Crippen LogP) is 2.73. The van der Waals surface area contributed by atoms with Gasteiger partial charge in [0.05, 0.1) is 12.2 Å². The monoisotopic (exact) mass is 406 g/mol. The van der Waals surface area contributed by atoms with Crippen molar-refractivity contribution in [2.24, 2.45) is 5.92 Å². The van der Waals surface area contributed by atoms with Crippen molar-refractivity contribution in [3.63, 3.8) is 0 Å². The summed E-state index contributed by atoms with van der Waals surface area (Å²) >= 11 is 0. The van der Waals surface area contributed by atoms with Crippen LogP contribution in [0.5, 0.6) is 0 Å². The fraction of sp³-hybridized carbons (Fsp3) is 0.333. The van der Waals surface area contributed by atoms with Crippen molar-refractivity contribution < 1.29 is 19.8 Å². The zero-order valence-electron chi connectivity index (χ0n) is 17.0. The number of β-lactam (4-membered cyclic amide) rings is 1. The van der Waals surface area contributed by atoms with Crippen molar-refractivity contribution in [1.82, 2.24) is 0 Å². The molecule has 2 N–H and O–H groups in total. The van der Waals surface area contributed by atoms with E-state index in [0.29, 0.717) is 37.2 Å². The summed E-state index contributed by atoms with van der Waals surface area (Å²) in [4.78, 5) is 28.5. The van der Waals surface area contributed by atoms with Gasteiger partial charge < -0.3 is 20.0 Å². The van der Waals surface area contributed by atoms with E-state index in [2.05, 4.69) is 0 Å². The summed E-state index contributed by atoms with van der Waals surface area (Å²) in [6.07, 6.45) is 4.61. The van der Waals surface area contributed by atoms with Crippen LogP contribution in [0, 0.1) is 5.92 Å². The molecule has 2 aromatic rings. The lowest BCUT2D eigenvalue weighted by Crippen LogP contribution is -2.44. The van der Waals surface area contributed by atoms with Crippen LogP contribution in [-0.2, 0) is 21.7 Å². The van der Waals surface area contributed by atoms with E-state index in [-0.39, 0.29) is 18.4 Å². The maximum Gasteiger partial charge on any atom is 0.264 e. The molecule has 2 heterocycles. The molecule has 2 aromatic carbocycles. The fourth-order valence-electron chi connectivity index (χ4n) is 4.17. The summed E-state index contributed by atoms with van der Waals surface area (Å²) < 4.78 is 0. The van der Waals surface area contributed by atoms with E-state index >= 15 is 0 Å². The molecule has 2 atom stereocenters. The van der Waals surface area contributed by atoms with E-state index in [1.54, 1.807) is 28.0 Å². The van der Waals surface area contributed by atoms with Crippen molar-refractivity contribution in [2.45, 2.75) is 31.9 Å². The molecule has 30 heavy (non-hydrogen) atoms. The van der Waals surface area contributed by atoms with Gasteiger partial charge >= 0.3 is 0 Å². The molecular formula is C24H26N2O4. The number of anilines is 2. The van der Waals surface area contributed by atoms with Crippen LogP contribution >= 0.6 is 0 Å². The number of rotatable bonds is 7. The van der Waals surface area contributed by atoms with E-state index in [9.17, 15) is 14.7 Å². The van der Waals surface area contributed by atoms with Crippen LogP contribution in [0.2, 0.25) is 0 Å². The molecule has 1 fully saturated rings. The predicted molar refractivity (Wildman–Crippen MR) is 115 cm³/mol.